The maximum absolute atomic E-state index is 6.87. The van der Waals surface area contributed by atoms with E-state index in [1.807, 2.05) is 37.9 Å². The number of unbranched alkanes of at least 4 members (excludes halogenated alkanes) is 1. The average molecular weight is 408 g/mol. The highest BCUT2D eigenvalue weighted by molar-refractivity contribution is 4.94. The van der Waals surface area contributed by atoms with E-state index in [9.17, 15) is 0 Å². The molecule has 0 aromatic carbocycles. The molecule has 28 heavy (non-hydrogen) atoms. The Bertz CT molecular complexity index is 391. The molecule has 4 N–H and O–H groups in total. The van der Waals surface area contributed by atoms with Crippen molar-refractivity contribution in [3.8, 4) is 0 Å². The van der Waals surface area contributed by atoms with Gasteiger partial charge in [-0.1, -0.05) is 27.2 Å². The van der Waals surface area contributed by atoms with Crippen LogP contribution in [-0.4, -0.2) is 89.1 Å². The quantitative estimate of drug-likeness (QED) is 0.175. The minimum Gasteiger partial charge on any atom is -0.354 e. The highest BCUT2D eigenvalue weighted by Gasteiger charge is 2.58. The van der Waals surface area contributed by atoms with Crippen LogP contribution in [0.1, 0.15) is 47.0 Å². The van der Waals surface area contributed by atoms with Crippen LogP contribution in [0.2, 0.25) is 0 Å². The van der Waals surface area contributed by atoms with Crippen LogP contribution in [0.4, 0.5) is 0 Å². The molecule has 0 aliphatic rings. The monoisotopic (exact) mass is 407 g/mol. The molecule has 0 bridgehead atoms. The van der Waals surface area contributed by atoms with Gasteiger partial charge in [-0.05, 0) is 40.9 Å². The zero-order chi connectivity index (χ0) is 21.6. The first-order valence-electron chi connectivity index (χ1n) is 10.4. The van der Waals surface area contributed by atoms with Crippen LogP contribution < -0.4 is 16.5 Å². The Morgan fingerprint density at radius 1 is 1.04 bits per heavy atom. The van der Waals surface area contributed by atoms with Gasteiger partial charge in [0.05, 0.1) is 19.8 Å². The fourth-order valence-corrected chi connectivity index (χ4v) is 2.89. The SMILES string of the molecule is CCCCOC(OCCC)(N(CC(OC)OCC)NCC)C(N)(NC)N(C)C. The van der Waals surface area contributed by atoms with E-state index in [2.05, 4.69) is 24.6 Å². The number of hydrogen-bond donors (Lipinski definition) is 3. The van der Waals surface area contributed by atoms with Gasteiger partial charge < -0.3 is 18.9 Å². The smallest absolute Gasteiger partial charge is 0.291 e. The van der Waals surface area contributed by atoms with Crippen molar-refractivity contribution in [1.29, 1.82) is 0 Å². The van der Waals surface area contributed by atoms with Gasteiger partial charge in [0.2, 0.25) is 0 Å². The molecule has 170 valence electrons. The molecule has 0 radical (unpaired) electrons. The van der Waals surface area contributed by atoms with Gasteiger partial charge in [0.15, 0.2) is 12.1 Å². The van der Waals surface area contributed by atoms with Crippen LogP contribution in [0, 0.1) is 0 Å². The molecule has 0 aliphatic heterocycles. The standard InChI is InChI=1S/C19H45N5O4/c1-9-13-15-28-19(27-14-10-2,18(20,21-5)23(6)7)24(22-11-3)16-17(25-8)26-12-4/h17,21-22H,9-16,20H2,1-8H3. The maximum Gasteiger partial charge on any atom is 0.291 e. The van der Waals surface area contributed by atoms with E-state index >= 15 is 0 Å². The summed E-state index contributed by atoms with van der Waals surface area (Å²) >= 11 is 0. The Morgan fingerprint density at radius 3 is 2.11 bits per heavy atom. The largest absolute Gasteiger partial charge is 0.354 e. The van der Waals surface area contributed by atoms with Crippen molar-refractivity contribution < 1.29 is 18.9 Å². The van der Waals surface area contributed by atoms with Crippen molar-refractivity contribution in [3.63, 3.8) is 0 Å². The lowest BCUT2D eigenvalue weighted by Crippen LogP contribution is -2.83. The molecule has 0 fully saturated rings. The van der Waals surface area contributed by atoms with Crippen LogP contribution in [0.15, 0.2) is 0 Å². The van der Waals surface area contributed by atoms with Gasteiger partial charge in [-0.2, -0.15) is 5.01 Å². The van der Waals surface area contributed by atoms with Crippen LogP contribution in [-0.2, 0) is 18.9 Å². The van der Waals surface area contributed by atoms with Crippen molar-refractivity contribution in [3.05, 3.63) is 0 Å². The number of hydrogen-bond acceptors (Lipinski definition) is 9. The van der Waals surface area contributed by atoms with Crippen molar-refractivity contribution >= 4 is 0 Å². The third-order valence-electron chi connectivity index (χ3n) is 4.52. The van der Waals surface area contributed by atoms with Gasteiger partial charge in [-0.25, -0.2) is 0 Å². The molecule has 0 spiro atoms. The Hall–Kier alpha value is -0.360. The second-order valence-corrected chi connectivity index (χ2v) is 6.79. The molecule has 0 aliphatic carbocycles. The number of nitrogens with zero attached hydrogens (tertiary/aromatic N) is 2. The number of ether oxygens (including phenoxy) is 4. The van der Waals surface area contributed by atoms with Gasteiger partial charge >= 0.3 is 0 Å². The second kappa shape index (κ2) is 14.6. The Kier molecular flexibility index (Phi) is 14.4. The lowest BCUT2D eigenvalue weighted by molar-refractivity contribution is -0.392. The number of hydrazine groups is 1. The minimum absolute atomic E-state index is 0.364. The summed E-state index contributed by atoms with van der Waals surface area (Å²) in [5, 5.41) is 5.07. The number of likely N-dealkylation sites (N-methyl/N-ethyl adjacent to an activating group) is 2. The van der Waals surface area contributed by atoms with Gasteiger partial charge in [0.1, 0.15) is 0 Å². The van der Waals surface area contributed by atoms with E-state index in [0.717, 1.165) is 19.3 Å². The summed E-state index contributed by atoms with van der Waals surface area (Å²) in [4.78, 5) is 1.86. The summed E-state index contributed by atoms with van der Waals surface area (Å²) in [6.45, 7) is 10.7. The van der Waals surface area contributed by atoms with Gasteiger partial charge in [0.25, 0.3) is 5.91 Å². The molecule has 3 unspecified atom stereocenters. The third kappa shape index (κ3) is 7.16. The fraction of sp³-hybridized carbons (Fsp3) is 1.00. The van der Waals surface area contributed by atoms with E-state index in [4.69, 9.17) is 24.7 Å². The Labute approximate surface area is 172 Å². The summed E-state index contributed by atoms with van der Waals surface area (Å²) in [6.07, 6.45) is 2.25. The van der Waals surface area contributed by atoms with Crippen molar-refractivity contribution in [2.75, 3.05) is 61.2 Å². The van der Waals surface area contributed by atoms with Crippen molar-refractivity contribution in [2.24, 2.45) is 5.73 Å². The first kappa shape index (κ1) is 27.6. The van der Waals surface area contributed by atoms with E-state index < -0.39 is 18.0 Å². The van der Waals surface area contributed by atoms with E-state index in [0.29, 0.717) is 32.9 Å². The molecule has 0 aromatic rings. The normalized spacial score (nSPS) is 17.7. The summed E-state index contributed by atoms with van der Waals surface area (Å²) in [5.41, 5.74) is 10.2. The molecule has 0 rings (SSSR count). The van der Waals surface area contributed by atoms with Crippen molar-refractivity contribution in [1.82, 2.24) is 20.7 Å². The fourth-order valence-electron chi connectivity index (χ4n) is 2.89. The molecule has 0 amide bonds. The first-order chi connectivity index (χ1) is 13.3. The summed E-state index contributed by atoms with van der Waals surface area (Å²) in [7, 11) is 7.21. The molecule has 9 nitrogen and oxygen atoms in total. The minimum atomic E-state index is -1.32. The van der Waals surface area contributed by atoms with Crippen LogP contribution in [0.3, 0.4) is 0 Å². The summed E-state index contributed by atoms with van der Waals surface area (Å²) in [5.74, 6) is -2.47. The lowest BCUT2D eigenvalue weighted by atomic mass is 10.2. The first-order valence-corrected chi connectivity index (χ1v) is 10.4. The Balaban J connectivity index is 6.22. The molecule has 9 heteroatoms. The highest BCUT2D eigenvalue weighted by Crippen LogP contribution is 2.30. The molecular formula is C19H45N5O4. The second-order valence-electron chi connectivity index (χ2n) is 6.79. The highest BCUT2D eigenvalue weighted by atomic mass is 16.7. The summed E-state index contributed by atoms with van der Waals surface area (Å²) in [6, 6.07) is 0. The van der Waals surface area contributed by atoms with Crippen LogP contribution in [0.5, 0.6) is 0 Å². The van der Waals surface area contributed by atoms with Gasteiger partial charge in [-0.15, -0.1) is 0 Å². The number of rotatable bonds is 18. The van der Waals surface area contributed by atoms with Crippen LogP contribution >= 0.6 is 0 Å². The molecule has 3 atom stereocenters. The third-order valence-corrected chi connectivity index (χ3v) is 4.52. The molecular weight excluding hydrogens is 362 g/mol. The van der Waals surface area contributed by atoms with E-state index in [-0.39, 0.29) is 0 Å². The topological polar surface area (TPSA) is 93.5 Å². The summed E-state index contributed by atoms with van der Waals surface area (Å²) < 4.78 is 24.0. The molecule has 0 saturated carbocycles. The predicted octanol–water partition coefficient (Wildman–Crippen LogP) is 1.11. The van der Waals surface area contributed by atoms with Crippen molar-refractivity contribution in [2.45, 2.75) is 64.9 Å². The van der Waals surface area contributed by atoms with Crippen LogP contribution in [0.25, 0.3) is 0 Å². The number of methoxy groups -OCH3 is 1. The average Bonchev–Trinajstić information content (AvgIpc) is 2.69. The van der Waals surface area contributed by atoms with E-state index in [1.165, 1.54) is 0 Å². The Morgan fingerprint density at radius 2 is 1.68 bits per heavy atom. The maximum atomic E-state index is 6.87. The lowest BCUT2D eigenvalue weighted by Gasteiger charge is -2.54. The number of nitrogens with two attached hydrogens (primary N) is 1. The van der Waals surface area contributed by atoms with Gasteiger partial charge in [0, 0.05) is 20.3 Å². The zero-order valence-corrected chi connectivity index (χ0v) is 19.3. The zero-order valence-electron chi connectivity index (χ0n) is 19.3. The molecule has 0 aromatic heterocycles. The molecule has 0 heterocycles. The predicted molar refractivity (Wildman–Crippen MR) is 112 cm³/mol. The van der Waals surface area contributed by atoms with E-state index in [1.54, 1.807) is 14.2 Å². The number of nitrogens with one attached hydrogen (secondary N) is 2. The molecule has 0 saturated heterocycles. The van der Waals surface area contributed by atoms with Gasteiger partial charge in [-0.3, -0.25) is 21.4 Å².